The Morgan fingerprint density at radius 1 is 1.25 bits per heavy atom. The fraction of sp³-hybridized carbons (Fsp3) is 0.278. The van der Waals surface area contributed by atoms with Crippen LogP contribution in [0.2, 0.25) is 0 Å². The molecule has 124 valence electrons. The van der Waals surface area contributed by atoms with Crippen LogP contribution in [0.5, 0.6) is 0 Å². The van der Waals surface area contributed by atoms with Crippen molar-refractivity contribution in [2.24, 2.45) is 0 Å². The van der Waals surface area contributed by atoms with Crippen LogP contribution in [-0.4, -0.2) is 37.8 Å². The molecule has 0 bridgehead atoms. The highest BCUT2D eigenvalue weighted by molar-refractivity contribution is 5.92. The lowest BCUT2D eigenvalue weighted by Gasteiger charge is -2.18. The SMILES string of the molecule is CC(C)n1nccc1C(=O)N(C)Cc1cc(-c2ccccc2)n[nH]1. The number of nitrogens with zero attached hydrogens (tertiary/aromatic N) is 4. The van der Waals surface area contributed by atoms with Crippen molar-refractivity contribution in [2.75, 3.05) is 7.05 Å². The molecular formula is C18H21N5O. The Labute approximate surface area is 141 Å². The highest BCUT2D eigenvalue weighted by Gasteiger charge is 2.18. The maximum atomic E-state index is 12.6. The fourth-order valence-electron chi connectivity index (χ4n) is 2.62. The maximum Gasteiger partial charge on any atom is 0.272 e. The predicted molar refractivity (Wildman–Crippen MR) is 92.4 cm³/mol. The van der Waals surface area contributed by atoms with Crippen molar-refractivity contribution in [1.82, 2.24) is 24.9 Å². The van der Waals surface area contributed by atoms with E-state index in [2.05, 4.69) is 15.3 Å². The van der Waals surface area contributed by atoms with Crippen molar-refractivity contribution in [3.8, 4) is 11.3 Å². The largest absolute Gasteiger partial charge is 0.335 e. The van der Waals surface area contributed by atoms with Gasteiger partial charge in [-0.25, -0.2) is 0 Å². The number of aromatic nitrogens is 4. The Balaban J connectivity index is 1.73. The second-order valence-electron chi connectivity index (χ2n) is 6.06. The van der Waals surface area contributed by atoms with E-state index in [1.807, 2.05) is 50.2 Å². The van der Waals surface area contributed by atoms with E-state index < -0.39 is 0 Å². The molecule has 0 fully saturated rings. The first-order valence-corrected chi connectivity index (χ1v) is 7.95. The van der Waals surface area contributed by atoms with Gasteiger partial charge in [0.1, 0.15) is 5.69 Å². The van der Waals surface area contributed by atoms with Crippen molar-refractivity contribution in [2.45, 2.75) is 26.4 Å². The molecule has 1 N–H and O–H groups in total. The van der Waals surface area contributed by atoms with Gasteiger partial charge in [0.2, 0.25) is 0 Å². The van der Waals surface area contributed by atoms with Crippen LogP contribution < -0.4 is 0 Å². The molecular weight excluding hydrogens is 302 g/mol. The molecule has 24 heavy (non-hydrogen) atoms. The van der Waals surface area contributed by atoms with Crippen LogP contribution in [0.3, 0.4) is 0 Å². The summed E-state index contributed by atoms with van der Waals surface area (Å²) in [7, 11) is 1.78. The molecule has 0 radical (unpaired) electrons. The molecule has 2 heterocycles. The summed E-state index contributed by atoms with van der Waals surface area (Å²) >= 11 is 0. The Morgan fingerprint density at radius 3 is 2.71 bits per heavy atom. The van der Waals surface area contributed by atoms with Gasteiger partial charge in [-0.05, 0) is 26.0 Å². The molecule has 6 heteroatoms. The Bertz CT molecular complexity index is 819. The van der Waals surface area contributed by atoms with Crippen molar-refractivity contribution in [3.05, 3.63) is 60.0 Å². The molecule has 6 nitrogen and oxygen atoms in total. The van der Waals surface area contributed by atoms with Crippen molar-refractivity contribution in [1.29, 1.82) is 0 Å². The molecule has 0 aliphatic heterocycles. The van der Waals surface area contributed by atoms with Gasteiger partial charge in [-0.2, -0.15) is 10.2 Å². The average Bonchev–Trinajstić information content (AvgIpc) is 3.24. The second-order valence-corrected chi connectivity index (χ2v) is 6.06. The van der Waals surface area contributed by atoms with Gasteiger partial charge >= 0.3 is 0 Å². The molecule has 1 amide bonds. The van der Waals surface area contributed by atoms with Crippen LogP contribution in [0.4, 0.5) is 0 Å². The number of aromatic amines is 1. The zero-order valence-electron chi connectivity index (χ0n) is 14.1. The smallest absolute Gasteiger partial charge is 0.272 e. The third-order valence-corrected chi connectivity index (χ3v) is 3.83. The van der Waals surface area contributed by atoms with Gasteiger partial charge in [0.25, 0.3) is 5.91 Å². The number of amides is 1. The summed E-state index contributed by atoms with van der Waals surface area (Å²) in [6.45, 7) is 4.47. The topological polar surface area (TPSA) is 66.8 Å². The van der Waals surface area contributed by atoms with Crippen LogP contribution in [-0.2, 0) is 6.54 Å². The fourth-order valence-corrected chi connectivity index (χ4v) is 2.62. The highest BCUT2D eigenvalue weighted by atomic mass is 16.2. The van der Waals surface area contributed by atoms with E-state index in [0.29, 0.717) is 12.2 Å². The van der Waals surface area contributed by atoms with E-state index >= 15 is 0 Å². The molecule has 0 saturated carbocycles. The normalized spacial score (nSPS) is 11.0. The number of benzene rings is 1. The van der Waals surface area contributed by atoms with Crippen LogP contribution >= 0.6 is 0 Å². The summed E-state index contributed by atoms with van der Waals surface area (Å²) in [5, 5.41) is 11.6. The lowest BCUT2D eigenvalue weighted by molar-refractivity contribution is 0.0769. The zero-order chi connectivity index (χ0) is 17.1. The number of hydrogen-bond acceptors (Lipinski definition) is 3. The Hall–Kier alpha value is -2.89. The minimum Gasteiger partial charge on any atom is -0.335 e. The minimum atomic E-state index is -0.0583. The molecule has 0 saturated heterocycles. The highest BCUT2D eigenvalue weighted by Crippen LogP contribution is 2.18. The Kier molecular flexibility index (Phi) is 4.46. The molecule has 0 atom stereocenters. The molecule has 3 rings (SSSR count). The molecule has 3 aromatic rings. The van der Waals surface area contributed by atoms with E-state index in [9.17, 15) is 4.79 Å². The lowest BCUT2D eigenvalue weighted by atomic mass is 10.1. The predicted octanol–water partition coefficient (Wildman–Crippen LogP) is 3.13. The summed E-state index contributed by atoms with van der Waals surface area (Å²) in [5.74, 6) is -0.0583. The second kappa shape index (κ2) is 6.70. The maximum absolute atomic E-state index is 12.6. The van der Waals surface area contributed by atoms with Crippen LogP contribution in [0.1, 0.15) is 36.1 Å². The van der Waals surface area contributed by atoms with Crippen LogP contribution in [0.15, 0.2) is 48.7 Å². The Morgan fingerprint density at radius 2 is 2.00 bits per heavy atom. The summed E-state index contributed by atoms with van der Waals surface area (Å²) < 4.78 is 1.74. The third kappa shape index (κ3) is 3.22. The summed E-state index contributed by atoms with van der Waals surface area (Å²) in [6.07, 6.45) is 1.66. The van der Waals surface area contributed by atoms with Crippen molar-refractivity contribution in [3.63, 3.8) is 0 Å². The number of rotatable bonds is 5. The molecule has 0 spiro atoms. The molecule has 0 aliphatic carbocycles. The molecule has 0 unspecified atom stereocenters. The van der Waals surface area contributed by atoms with Gasteiger partial charge in [0.05, 0.1) is 17.9 Å². The molecule has 1 aromatic carbocycles. The number of nitrogens with one attached hydrogen (secondary N) is 1. The third-order valence-electron chi connectivity index (χ3n) is 3.83. The number of H-pyrrole nitrogens is 1. The average molecular weight is 323 g/mol. The van der Waals surface area contributed by atoms with Gasteiger partial charge in [-0.1, -0.05) is 30.3 Å². The van der Waals surface area contributed by atoms with Crippen LogP contribution in [0, 0.1) is 0 Å². The monoisotopic (exact) mass is 323 g/mol. The minimum absolute atomic E-state index is 0.0583. The van der Waals surface area contributed by atoms with Gasteiger partial charge < -0.3 is 4.90 Å². The first-order valence-electron chi connectivity index (χ1n) is 7.95. The van der Waals surface area contributed by atoms with Crippen LogP contribution in [0.25, 0.3) is 11.3 Å². The van der Waals surface area contributed by atoms with Crippen molar-refractivity contribution < 1.29 is 4.79 Å². The van der Waals surface area contributed by atoms with E-state index in [4.69, 9.17) is 0 Å². The lowest BCUT2D eigenvalue weighted by Crippen LogP contribution is -2.29. The zero-order valence-corrected chi connectivity index (χ0v) is 14.1. The van der Waals surface area contributed by atoms with Gasteiger partial charge in [0.15, 0.2) is 0 Å². The van der Waals surface area contributed by atoms with Gasteiger partial charge in [-0.15, -0.1) is 0 Å². The van der Waals surface area contributed by atoms with Gasteiger partial charge in [-0.3, -0.25) is 14.6 Å². The van der Waals surface area contributed by atoms with Gasteiger partial charge in [0, 0.05) is 24.8 Å². The number of hydrogen-bond donors (Lipinski definition) is 1. The molecule has 0 aliphatic rings. The van der Waals surface area contributed by atoms with E-state index in [-0.39, 0.29) is 11.9 Å². The summed E-state index contributed by atoms with van der Waals surface area (Å²) in [5.41, 5.74) is 3.40. The number of carbonyl (C=O) groups is 1. The molecule has 2 aromatic heterocycles. The number of carbonyl (C=O) groups excluding carboxylic acids is 1. The first kappa shape index (κ1) is 16.0. The quantitative estimate of drug-likeness (QED) is 0.784. The first-order chi connectivity index (χ1) is 11.6. The standard InChI is InChI=1S/C18H21N5O/c1-13(2)23-17(9-10-19-23)18(24)22(3)12-15-11-16(21-20-15)14-7-5-4-6-8-14/h4-11,13H,12H2,1-3H3,(H,20,21). The summed E-state index contributed by atoms with van der Waals surface area (Å²) in [6, 6.07) is 13.8. The van der Waals surface area contributed by atoms with Crippen molar-refractivity contribution >= 4 is 5.91 Å². The van der Waals surface area contributed by atoms with E-state index in [0.717, 1.165) is 17.0 Å². The van der Waals surface area contributed by atoms with E-state index in [1.54, 1.807) is 28.9 Å². The summed E-state index contributed by atoms with van der Waals surface area (Å²) in [4.78, 5) is 14.3. The van der Waals surface area contributed by atoms with E-state index in [1.165, 1.54) is 0 Å².